The third kappa shape index (κ3) is 3.33. The van der Waals surface area contributed by atoms with Crippen LogP contribution in [0.2, 0.25) is 0 Å². The maximum atomic E-state index is 12.7. The lowest BCUT2D eigenvalue weighted by atomic mass is 9.76. The van der Waals surface area contributed by atoms with Crippen molar-refractivity contribution in [2.75, 3.05) is 7.05 Å². The first-order chi connectivity index (χ1) is 9.67. The van der Waals surface area contributed by atoms with Crippen LogP contribution < -0.4 is 5.73 Å². The molecule has 21 heavy (non-hydrogen) atoms. The van der Waals surface area contributed by atoms with Gasteiger partial charge in [0.25, 0.3) is 0 Å². The second-order valence-corrected chi connectivity index (χ2v) is 8.90. The lowest BCUT2D eigenvalue weighted by Crippen LogP contribution is -2.40. The lowest BCUT2D eigenvalue weighted by Gasteiger charge is -2.37. The molecule has 1 aromatic heterocycles. The maximum Gasteiger partial charge on any atom is 0.244 e. The minimum Gasteiger partial charge on any atom is -0.352 e. The molecular weight excluding hydrogens is 286 g/mol. The van der Waals surface area contributed by atoms with E-state index in [-0.39, 0.29) is 6.04 Å². The van der Waals surface area contributed by atoms with Crippen molar-refractivity contribution >= 4 is 10.0 Å². The van der Waals surface area contributed by atoms with Crippen LogP contribution >= 0.6 is 0 Å². The Kier molecular flexibility index (Phi) is 4.52. The van der Waals surface area contributed by atoms with Crippen molar-refractivity contribution < 1.29 is 8.42 Å². The Morgan fingerprint density at radius 1 is 1.38 bits per heavy atom. The van der Waals surface area contributed by atoms with E-state index in [9.17, 15) is 8.42 Å². The van der Waals surface area contributed by atoms with Crippen LogP contribution in [0.3, 0.4) is 0 Å². The zero-order valence-electron chi connectivity index (χ0n) is 13.5. The van der Waals surface area contributed by atoms with E-state index in [0.717, 1.165) is 31.4 Å². The van der Waals surface area contributed by atoms with Gasteiger partial charge >= 0.3 is 0 Å². The molecule has 0 atom stereocenters. The Balaban J connectivity index is 2.19. The lowest BCUT2D eigenvalue weighted by molar-refractivity contribution is 0.174. The first-order valence-electron chi connectivity index (χ1n) is 7.51. The van der Waals surface area contributed by atoms with E-state index < -0.39 is 10.0 Å². The molecule has 1 heterocycles. The number of hydrogen-bond acceptors (Lipinski definition) is 3. The summed E-state index contributed by atoms with van der Waals surface area (Å²) in [6.45, 7) is 4.85. The van der Waals surface area contributed by atoms with Gasteiger partial charge in [-0.1, -0.05) is 13.8 Å². The Morgan fingerprint density at radius 3 is 2.43 bits per heavy atom. The maximum absolute atomic E-state index is 12.7. The normalized spacial score (nSPS) is 20.1. The van der Waals surface area contributed by atoms with Gasteiger partial charge in [0.15, 0.2) is 0 Å². The van der Waals surface area contributed by atoms with Crippen LogP contribution in [0.4, 0.5) is 0 Å². The highest BCUT2D eigenvalue weighted by Crippen LogP contribution is 2.37. The van der Waals surface area contributed by atoms with Crippen LogP contribution in [0.25, 0.3) is 0 Å². The van der Waals surface area contributed by atoms with E-state index >= 15 is 0 Å². The van der Waals surface area contributed by atoms with Gasteiger partial charge in [0, 0.05) is 38.6 Å². The predicted octanol–water partition coefficient (Wildman–Crippen LogP) is 2.07. The molecule has 0 unspecified atom stereocenters. The van der Waals surface area contributed by atoms with Gasteiger partial charge in [0.05, 0.1) is 0 Å². The summed E-state index contributed by atoms with van der Waals surface area (Å²) in [5.74, 6) is 0. The van der Waals surface area contributed by atoms with Gasteiger partial charge in [-0.3, -0.25) is 0 Å². The van der Waals surface area contributed by atoms with Crippen LogP contribution in [-0.2, 0) is 23.6 Å². The quantitative estimate of drug-likeness (QED) is 0.925. The number of aryl methyl sites for hydroxylation is 1. The van der Waals surface area contributed by atoms with E-state index in [2.05, 4.69) is 13.8 Å². The minimum absolute atomic E-state index is 0.101. The number of aromatic nitrogens is 1. The minimum atomic E-state index is -3.43. The van der Waals surface area contributed by atoms with Crippen molar-refractivity contribution in [3.63, 3.8) is 0 Å². The fourth-order valence-corrected chi connectivity index (χ4v) is 4.54. The number of hydrogen-bond donors (Lipinski definition) is 1. The molecule has 0 amide bonds. The molecule has 1 fully saturated rings. The summed E-state index contributed by atoms with van der Waals surface area (Å²) in [6.07, 6.45) is 5.65. The van der Waals surface area contributed by atoms with E-state index in [1.54, 1.807) is 28.2 Å². The molecule has 0 aromatic carbocycles. The van der Waals surface area contributed by atoms with E-state index in [1.807, 2.05) is 7.05 Å². The number of nitrogens with zero attached hydrogens (tertiary/aromatic N) is 2. The smallest absolute Gasteiger partial charge is 0.244 e. The molecule has 5 nitrogen and oxygen atoms in total. The van der Waals surface area contributed by atoms with Crippen molar-refractivity contribution in [1.29, 1.82) is 0 Å². The summed E-state index contributed by atoms with van der Waals surface area (Å²) < 4.78 is 28.8. The van der Waals surface area contributed by atoms with Crippen LogP contribution in [0.15, 0.2) is 17.2 Å². The topological polar surface area (TPSA) is 68.3 Å². The first-order valence-corrected chi connectivity index (χ1v) is 8.95. The summed E-state index contributed by atoms with van der Waals surface area (Å²) in [6, 6.07) is 1.78. The van der Waals surface area contributed by atoms with Crippen LogP contribution in [0, 0.1) is 5.41 Å². The van der Waals surface area contributed by atoms with E-state index in [1.165, 1.54) is 0 Å². The van der Waals surface area contributed by atoms with Crippen molar-refractivity contribution in [3.05, 3.63) is 18.0 Å². The van der Waals surface area contributed by atoms with Gasteiger partial charge in [-0.05, 0) is 37.2 Å². The molecule has 2 N–H and O–H groups in total. The number of sulfonamides is 1. The zero-order chi connectivity index (χ0) is 15.8. The molecule has 0 saturated heterocycles. The average molecular weight is 313 g/mol. The summed E-state index contributed by atoms with van der Waals surface area (Å²) in [5.41, 5.74) is 6.79. The summed E-state index contributed by atoms with van der Waals surface area (Å²) >= 11 is 0. The zero-order valence-corrected chi connectivity index (χ0v) is 14.3. The van der Waals surface area contributed by atoms with Crippen LogP contribution in [-0.4, -0.2) is 30.4 Å². The SMILES string of the molecule is CN(C1CCC(C)(C)CC1)S(=O)(=O)c1cc(CN)n(C)c1. The molecule has 1 aliphatic rings. The Hall–Kier alpha value is -0.850. The van der Waals surface area contributed by atoms with E-state index in [0.29, 0.717) is 16.9 Å². The first kappa shape index (κ1) is 16.5. The second-order valence-electron chi connectivity index (χ2n) is 6.90. The van der Waals surface area contributed by atoms with E-state index in [4.69, 9.17) is 5.73 Å². The fourth-order valence-electron chi connectivity index (χ4n) is 3.03. The van der Waals surface area contributed by atoms with Crippen molar-refractivity contribution in [2.45, 2.75) is 57.0 Å². The summed E-state index contributed by atoms with van der Waals surface area (Å²) in [5, 5.41) is 0. The Bertz CT molecular complexity index is 594. The predicted molar refractivity (Wildman–Crippen MR) is 84.3 cm³/mol. The third-order valence-corrected chi connectivity index (χ3v) is 6.67. The van der Waals surface area contributed by atoms with Crippen LogP contribution in [0.1, 0.15) is 45.2 Å². The monoisotopic (exact) mass is 313 g/mol. The molecule has 1 saturated carbocycles. The molecule has 120 valence electrons. The summed E-state index contributed by atoms with van der Waals surface area (Å²) in [4.78, 5) is 0.345. The highest BCUT2D eigenvalue weighted by Gasteiger charge is 2.34. The molecule has 0 aliphatic heterocycles. The Morgan fingerprint density at radius 2 is 1.95 bits per heavy atom. The molecular formula is C15H27N3O2S. The molecule has 1 aliphatic carbocycles. The number of nitrogens with two attached hydrogens (primary N) is 1. The molecule has 0 spiro atoms. The van der Waals surface area contributed by atoms with Gasteiger partial charge in [-0.15, -0.1) is 0 Å². The van der Waals surface area contributed by atoms with Crippen molar-refractivity contribution in [1.82, 2.24) is 8.87 Å². The average Bonchev–Trinajstić information content (AvgIpc) is 2.80. The van der Waals surface area contributed by atoms with Gasteiger partial charge in [-0.2, -0.15) is 4.31 Å². The highest BCUT2D eigenvalue weighted by atomic mass is 32.2. The Labute approximate surface area is 128 Å². The van der Waals surface area contributed by atoms with Gasteiger partial charge in [0.1, 0.15) is 4.90 Å². The third-order valence-electron chi connectivity index (χ3n) is 4.79. The fraction of sp³-hybridized carbons (Fsp3) is 0.733. The largest absolute Gasteiger partial charge is 0.352 e. The number of rotatable bonds is 4. The molecule has 6 heteroatoms. The molecule has 0 radical (unpaired) electrons. The molecule has 1 aromatic rings. The van der Waals surface area contributed by atoms with Crippen molar-refractivity contribution in [2.24, 2.45) is 18.2 Å². The van der Waals surface area contributed by atoms with Crippen LogP contribution in [0.5, 0.6) is 0 Å². The van der Waals surface area contributed by atoms with Crippen molar-refractivity contribution in [3.8, 4) is 0 Å². The standard InChI is InChI=1S/C15H27N3O2S/c1-15(2)7-5-12(6-8-15)18(4)21(19,20)14-9-13(10-16)17(3)11-14/h9,11-12H,5-8,10,16H2,1-4H3. The molecule has 2 rings (SSSR count). The summed E-state index contributed by atoms with van der Waals surface area (Å²) in [7, 11) is 0.0949. The van der Waals surface area contributed by atoms with Gasteiger partial charge in [0.2, 0.25) is 10.0 Å². The van der Waals surface area contributed by atoms with Gasteiger partial charge in [-0.25, -0.2) is 8.42 Å². The van der Waals surface area contributed by atoms with Gasteiger partial charge < -0.3 is 10.3 Å². The second kappa shape index (κ2) is 5.74. The highest BCUT2D eigenvalue weighted by molar-refractivity contribution is 7.89. The molecule has 0 bridgehead atoms.